The van der Waals surface area contributed by atoms with Gasteiger partial charge >= 0.3 is 0 Å². The summed E-state index contributed by atoms with van der Waals surface area (Å²) < 4.78 is 0. The summed E-state index contributed by atoms with van der Waals surface area (Å²) in [7, 11) is 0. The average molecular weight is 245 g/mol. The molecule has 1 fully saturated rings. The lowest BCUT2D eigenvalue weighted by atomic mass is 10.1. The molecule has 0 aromatic carbocycles. The number of piperazine rings is 1. The molecule has 1 saturated heterocycles. The van der Waals surface area contributed by atoms with Crippen molar-refractivity contribution in [3.63, 3.8) is 0 Å². The van der Waals surface area contributed by atoms with Crippen molar-refractivity contribution in [2.45, 2.75) is 33.0 Å². The molecule has 0 aromatic rings. The number of aliphatic hydroxyl groups is 1. The van der Waals surface area contributed by atoms with E-state index < -0.39 is 0 Å². The maximum atomic E-state index is 9.82. The van der Waals surface area contributed by atoms with Crippen molar-refractivity contribution in [1.82, 2.24) is 10.2 Å². The molecular formula is C9H22Cl2N2O. The topological polar surface area (TPSA) is 35.5 Å². The highest BCUT2D eigenvalue weighted by Crippen LogP contribution is 2.12. The molecule has 1 heterocycles. The van der Waals surface area contributed by atoms with E-state index in [1.165, 1.54) is 0 Å². The molecule has 0 spiro atoms. The largest absolute Gasteiger partial charge is 0.378 e. The standard InChI is InChI=1S/C9H20N2O.2ClH/c1-7(2)9(12)11-5-4-10-6-8(11)3;;/h7-10,12H,4-6H2,1-3H3;2*1H. The van der Waals surface area contributed by atoms with Crippen molar-refractivity contribution in [3.8, 4) is 0 Å². The molecule has 1 aliphatic rings. The molecule has 2 atom stereocenters. The van der Waals surface area contributed by atoms with E-state index in [1.807, 2.05) is 0 Å². The number of rotatable bonds is 2. The summed E-state index contributed by atoms with van der Waals surface area (Å²) in [6.45, 7) is 9.20. The minimum Gasteiger partial charge on any atom is -0.378 e. The Morgan fingerprint density at radius 2 is 1.93 bits per heavy atom. The Hall–Kier alpha value is 0.460. The summed E-state index contributed by atoms with van der Waals surface area (Å²) in [6.07, 6.45) is -0.276. The molecule has 1 aliphatic heterocycles. The van der Waals surface area contributed by atoms with Crippen molar-refractivity contribution in [3.05, 3.63) is 0 Å². The molecule has 2 N–H and O–H groups in total. The summed E-state index contributed by atoms with van der Waals surface area (Å²) in [5.74, 6) is 0.325. The van der Waals surface area contributed by atoms with Gasteiger partial charge in [-0.25, -0.2) is 0 Å². The van der Waals surface area contributed by atoms with Crippen LogP contribution in [0.5, 0.6) is 0 Å². The van der Waals surface area contributed by atoms with Crippen molar-refractivity contribution in [1.29, 1.82) is 0 Å². The second kappa shape index (κ2) is 7.71. The first kappa shape index (κ1) is 16.9. The van der Waals surface area contributed by atoms with E-state index in [0.29, 0.717) is 12.0 Å². The van der Waals surface area contributed by atoms with Gasteiger partial charge in [0.25, 0.3) is 0 Å². The highest BCUT2D eigenvalue weighted by atomic mass is 35.5. The molecule has 3 nitrogen and oxygen atoms in total. The first-order valence-electron chi connectivity index (χ1n) is 4.77. The first-order chi connectivity index (χ1) is 5.63. The van der Waals surface area contributed by atoms with E-state index in [1.54, 1.807) is 0 Å². The quantitative estimate of drug-likeness (QED) is 0.764. The van der Waals surface area contributed by atoms with Crippen LogP contribution in [0.2, 0.25) is 0 Å². The Balaban J connectivity index is 0. The maximum Gasteiger partial charge on any atom is 0.110 e. The number of halogens is 2. The average Bonchev–Trinajstić information content (AvgIpc) is 2.04. The summed E-state index contributed by atoms with van der Waals surface area (Å²) >= 11 is 0. The van der Waals surface area contributed by atoms with Crippen LogP contribution in [0.25, 0.3) is 0 Å². The van der Waals surface area contributed by atoms with Crippen LogP contribution in [0.15, 0.2) is 0 Å². The zero-order valence-corrected chi connectivity index (χ0v) is 10.7. The van der Waals surface area contributed by atoms with Gasteiger partial charge in [0.15, 0.2) is 0 Å². The Labute approximate surface area is 99.1 Å². The smallest absolute Gasteiger partial charge is 0.110 e. The molecule has 5 heteroatoms. The summed E-state index contributed by atoms with van der Waals surface area (Å²) in [6, 6.07) is 0.455. The third-order valence-corrected chi connectivity index (χ3v) is 2.49. The van der Waals surface area contributed by atoms with E-state index in [2.05, 4.69) is 31.0 Å². The second-order valence-corrected chi connectivity index (χ2v) is 3.95. The van der Waals surface area contributed by atoms with Crippen LogP contribution in [0.3, 0.4) is 0 Å². The molecule has 0 radical (unpaired) electrons. The lowest BCUT2D eigenvalue weighted by Gasteiger charge is -2.38. The molecule has 88 valence electrons. The molecule has 0 amide bonds. The monoisotopic (exact) mass is 244 g/mol. The first-order valence-corrected chi connectivity index (χ1v) is 4.77. The van der Waals surface area contributed by atoms with Crippen molar-refractivity contribution >= 4 is 24.8 Å². The predicted octanol–water partition coefficient (Wildman–Crippen LogP) is 1.10. The van der Waals surface area contributed by atoms with Gasteiger partial charge in [0.05, 0.1) is 0 Å². The van der Waals surface area contributed by atoms with Crippen LogP contribution in [0.4, 0.5) is 0 Å². The van der Waals surface area contributed by atoms with Gasteiger partial charge in [-0.1, -0.05) is 13.8 Å². The molecule has 0 bridgehead atoms. The predicted molar refractivity (Wildman–Crippen MR) is 64.4 cm³/mol. The van der Waals surface area contributed by atoms with Crippen LogP contribution >= 0.6 is 24.8 Å². The lowest BCUT2D eigenvalue weighted by molar-refractivity contribution is -0.0585. The minimum absolute atomic E-state index is 0. The lowest BCUT2D eigenvalue weighted by Crippen LogP contribution is -2.55. The Kier molecular flexibility index (Phi) is 9.30. The van der Waals surface area contributed by atoms with Gasteiger partial charge in [-0.15, -0.1) is 24.8 Å². The maximum absolute atomic E-state index is 9.82. The van der Waals surface area contributed by atoms with Gasteiger partial charge in [-0.3, -0.25) is 4.90 Å². The third-order valence-electron chi connectivity index (χ3n) is 2.49. The molecule has 0 aliphatic carbocycles. The van der Waals surface area contributed by atoms with E-state index in [4.69, 9.17) is 0 Å². The van der Waals surface area contributed by atoms with Crippen molar-refractivity contribution in [2.24, 2.45) is 5.92 Å². The van der Waals surface area contributed by atoms with Crippen LogP contribution < -0.4 is 5.32 Å². The fourth-order valence-corrected chi connectivity index (χ4v) is 1.63. The summed E-state index contributed by atoms with van der Waals surface area (Å²) in [5.41, 5.74) is 0. The number of aliphatic hydroxyl groups excluding tert-OH is 1. The Morgan fingerprint density at radius 3 is 2.36 bits per heavy atom. The highest BCUT2D eigenvalue weighted by molar-refractivity contribution is 5.85. The fourth-order valence-electron chi connectivity index (χ4n) is 1.63. The number of hydrogen-bond donors (Lipinski definition) is 2. The number of nitrogens with one attached hydrogen (secondary N) is 1. The van der Waals surface area contributed by atoms with Gasteiger partial charge in [0.1, 0.15) is 6.23 Å². The van der Waals surface area contributed by atoms with Gasteiger partial charge in [-0.05, 0) is 12.8 Å². The van der Waals surface area contributed by atoms with Gasteiger partial charge in [0.2, 0.25) is 0 Å². The summed E-state index contributed by atoms with van der Waals surface area (Å²) in [5, 5.41) is 13.1. The van der Waals surface area contributed by atoms with Crippen LogP contribution in [0, 0.1) is 5.92 Å². The van der Waals surface area contributed by atoms with Gasteiger partial charge in [0, 0.05) is 25.7 Å². The van der Waals surface area contributed by atoms with Gasteiger partial charge < -0.3 is 10.4 Å². The zero-order chi connectivity index (χ0) is 9.14. The van der Waals surface area contributed by atoms with Crippen LogP contribution in [-0.4, -0.2) is 41.9 Å². The van der Waals surface area contributed by atoms with Crippen molar-refractivity contribution in [2.75, 3.05) is 19.6 Å². The number of nitrogens with zero attached hydrogens (tertiary/aromatic N) is 1. The summed E-state index contributed by atoms with van der Waals surface area (Å²) in [4.78, 5) is 2.17. The fraction of sp³-hybridized carbons (Fsp3) is 1.00. The van der Waals surface area contributed by atoms with Gasteiger partial charge in [-0.2, -0.15) is 0 Å². The zero-order valence-electron chi connectivity index (χ0n) is 9.06. The van der Waals surface area contributed by atoms with Crippen molar-refractivity contribution < 1.29 is 5.11 Å². The molecule has 0 saturated carbocycles. The normalized spacial score (nSPS) is 25.1. The van der Waals surface area contributed by atoms with Crippen LogP contribution in [0.1, 0.15) is 20.8 Å². The molecule has 1 rings (SSSR count). The van der Waals surface area contributed by atoms with E-state index in [0.717, 1.165) is 19.6 Å². The van der Waals surface area contributed by atoms with Crippen LogP contribution in [-0.2, 0) is 0 Å². The second-order valence-electron chi connectivity index (χ2n) is 3.95. The number of hydrogen-bond acceptors (Lipinski definition) is 3. The Bertz CT molecular complexity index is 147. The van der Waals surface area contributed by atoms with E-state index in [9.17, 15) is 5.11 Å². The van der Waals surface area contributed by atoms with E-state index >= 15 is 0 Å². The van der Waals surface area contributed by atoms with E-state index in [-0.39, 0.29) is 31.0 Å². The third kappa shape index (κ3) is 4.32. The molecule has 2 unspecified atom stereocenters. The molecule has 0 aromatic heterocycles. The SMILES string of the molecule is CC(C)C(O)N1CCNCC1C.Cl.Cl. The highest BCUT2D eigenvalue weighted by Gasteiger charge is 2.25. The molecule has 14 heavy (non-hydrogen) atoms. The Morgan fingerprint density at radius 1 is 1.36 bits per heavy atom. The molecular weight excluding hydrogens is 223 g/mol. The minimum atomic E-state index is -0.276.